The summed E-state index contributed by atoms with van der Waals surface area (Å²) in [6.45, 7) is 2.85. The molecule has 2 saturated heterocycles. The lowest BCUT2D eigenvalue weighted by atomic mass is 9.78. The highest BCUT2D eigenvalue weighted by molar-refractivity contribution is 5.77. The molecule has 4 bridgehead atoms. The van der Waals surface area contributed by atoms with E-state index < -0.39 is 18.2 Å². The predicted octanol–water partition coefficient (Wildman–Crippen LogP) is 4.60. The van der Waals surface area contributed by atoms with Gasteiger partial charge in [0, 0.05) is 49.5 Å². The van der Waals surface area contributed by atoms with Gasteiger partial charge in [0.15, 0.2) is 0 Å². The van der Waals surface area contributed by atoms with Crippen molar-refractivity contribution in [1.82, 2.24) is 4.90 Å². The quantitative estimate of drug-likeness (QED) is 0.566. The number of hydrogen-bond acceptors (Lipinski definition) is 8. The highest BCUT2D eigenvalue weighted by Gasteiger charge is 2.49. The first-order valence-electron chi connectivity index (χ1n) is 13.9. The molecule has 0 aromatic heterocycles. The van der Waals surface area contributed by atoms with Crippen molar-refractivity contribution >= 4 is 11.9 Å². The van der Waals surface area contributed by atoms with Crippen molar-refractivity contribution in [2.24, 2.45) is 0 Å². The second-order valence-corrected chi connectivity index (χ2v) is 11.0. The molecule has 0 aliphatic carbocycles. The van der Waals surface area contributed by atoms with Crippen LogP contribution < -0.4 is 9.47 Å². The number of aliphatic hydroxyl groups excluding tert-OH is 1. The van der Waals surface area contributed by atoms with Gasteiger partial charge >= 0.3 is 11.9 Å². The number of carbonyl (C=O) groups excluding carboxylic acids is 2. The lowest BCUT2D eigenvalue weighted by Gasteiger charge is -2.54. The predicted molar refractivity (Wildman–Crippen MR) is 146 cm³/mol. The van der Waals surface area contributed by atoms with Crippen molar-refractivity contribution in [3.05, 3.63) is 47.5 Å². The van der Waals surface area contributed by atoms with Crippen molar-refractivity contribution in [3.8, 4) is 22.6 Å². The molecule has 0 amide bonds. The second kappa shape index (κ2) is 11.6. The van der Waals surface area contributed by atoms with Gasteiger partial charge in [-0.3, -0.25) is 14.5 Å². The highest BCUT2D eigenvalue weighted by atomic mass is 16.6. The van der Waals surface area contributed by atoms with Crippen LogP contribution in [0.4, 0.5) is 0 Å². The maximum Gasteiger partial charge on any atom is 0.302 e. The normalized spacial score (nSPS) is 28.5. The number of nitrogens with zero attached hydrogens (tertiary/aromatic N) is 1. The van der Waals surface area contributed by atoms with Crippen LogP contribution in [-0.4, -0.2) is 66.6 Å². The van der Waals surface area contributed by atoms with Gasteiger partial charge < -0.3 is 24.1 Å². The fourth-order valence-corrected chi connectivity index (χ4v) is 6.93. The van der Waals surface area contributed by atoms with E-state index in [9.17, 15) is 14.7 Å². The van der Waals surface area contributed by atoms with Gasteiger partial charge in [-0.05, 0) is 67.5 Å². The molecule has 6 atom stereocenters. The average Bonchev–Trinajstić information content (AvgIpc) is 2.92. The Labute approximate surface area is 230 Å². The molecule has 1 N–H and O–H groups in total. The van der Waals surface area contributed by atoms with Gasteiger partial charge in [-0.25, -0.2) is 0 Å². The number of benzene rings is 2. The molecule has 5 rings (SSSR count). The number of methoxy groups -OCH3 is 2. The average molecular weight is 538 g/mol. The molecular weight excluding hydrogens is 498 g/mol. The Hall–Kier alpha value is -3.10. The summed E-state index contributed by atoms with van der Waals surface area (Å²) in [5.41, 5.74) is 4.03. The third kappa shape index (κ3) is 5.63. The largest absolute Gasteiger partial charge is 0.496 e. The zero-order valence-electron chi connectivity index (χ0n) is 23.2. The van der Waals surface area contributed by atoms with Crippen LogP contribution in [0.15, 0.2) is 36.4 Å². The van der Waals surface area contributed by atoms with Gasteiger partial charge in [-0.1, -0.05) is 18.6 Å². The maximum absolute atomic E-state index is 12.1. The summed E-state index contributed by atoms with van der Waals surface area (Å²) in [5, 5.41) is 11.4. The first kappa shape index (κ1) is 27.5. The Morgan fingerprint density at radius 2 is 1.56 bits per heavy atom. The van der Waals surface area contributed by atoms with E-state index in [0.717, 1.165) is 59.4 Å². The number of carbonyl (C=O) groups is 2. The second-order valence-electron chi connectivity index (χ2n) is 11.0. The molecule has 3 heterocycles. The Morgan fingerprint density at radius 1 is 0.872 bits per heavy atom. The van der Waals surface area contributed by atoms with Crippen LogP contribution in [0.3, 0.4) is 0 Å². The highest BCUT2D eigenvalue weighted by Crippen LogP contribution is 2.46. The number of aryl methyl sites for hydroxylation is 1. The summed E-state index contributed by atoms with van der Waals surface area (Å²) in [6, 6.07) is 12.2. The van der Waals surface area contributed by atoms with Gasteiger partial charge in [0.2, 0.25) is 0 Å². The lowest BCUT2D eigenvalue weighted by molar-refractivity contribution is -0.175. The van der Waals surface area contributed by atoms with Crippen LogP contribution in [0.2, 0.25) is 0 Å². The molecule has 8 nitrogen and oxygen atoms in total. The summed E-state index contributed by atoms with van der Waals surface area (Å²) in [6.07, 6.45) is 3.65. The van der Waals surface area contributed by atoms with Gasteiger partial charge in [0.25, 0.3) is 0 Å². The zero-order chi connectivity index (χ0) is 27.7. The van der Waals surface area contributed by atoms with E-state index in [1.807, 2.05) is 12.1 Å². The first-order valence-corrected chi connectivity index (χ1v) is 13.9. The molecule has 2 aromatic rings. The molecule has 3 aliphatic rings. The number of ether oxygens (including phenoxy) is 4. The van der Waals surface area contributed by atoms with Crippen molar-refractivity contribution in [3.63, 3.8) is 0 Å². The minimum absolute atomic E-state index is 0.106. The van der Waals surface area contributed by atoms with Crippen LogP contribution in [0.1, 0.15) is 69.5 Å². The number of hydrogen-bond donors (Lipinski definition) is 1. The van der Waals surface area contributed by atoms with Crippen LogP contribution >= 0.6 is 0 Å². The summed E-state index contributed by atoms with van der Waals surface area (Å²) >= 11 is 0. The van der Waals surface area contributed by atoms with Crippen LogP contribution in [0.5, 0.6) is 11.5 Å². The third-order valence-electron chi connectivity index (χ3n) is 8.53. The number of fused-ring (bicyclic) bond motifs is 6. The maximum atomic E-state index is 12.1. The molecule has 3 aliphatic heterocycles. The molecular formula is C31H39NO7. The lowest BCUT2D eigenvalue weighted by Crippen LogP contribution is -2.61. The minimum atomic E-state index is -0.788. The summed E-state index contributed by atoms with van der Waals surface area (Å²) in [7, 11) is 3.33. The van der Waals surface area contributed by atoms with E-state index in [4.69, 9.17) is 18.9 Å². The number of piperidine rings is 2. The van der Waals surface area contributed by atoms with Crippen LogP contribution in [0.25, 0.3) is 11.1 Å². The van der Waals surface area contributed by atoms with Crippen molar-refractivity contribution < 1.29 is 33.6 Å². The summed E-state index contributed by atoms with van der Waals surface area (Å²) in [4.78, 5) is 26.5. The van der Waals surface area contributed by atoms with Crippen LogP contribution in [0, 0.1) is 0 Å². The number of rotatable bonds is 4. The van der Waals surface area contributed by atoms with Gasteiger partial charge in [-0.15, -0.1) is 0 Å². The first-order chi connectivity index (χ1) is 18.8. The van der Waals surface area contributed by atoms with E-state index in [1.165, 1.54) is 13.8 Å². The molecule has 2 fully saturated rings. The number of aliphatic hydroxyl groups is 1. The van der Waals surface area contributed by atoms with Crippen molar-refractivity contribution in [2.45, 2.75) is 95.2 Å². The molecule has 210 valence electrons. The topological polar surface area (TPSA) is 94.5 Å². The molecule has 0 radical (unpaired) electrons. The van der Waals surface area contributed by atoms with Gasteiger partial charge in [0.05, 0.1) is 14.2 Å². The van der Waals surface area contributed by atoms with Gasteiger partial charge in [0.1, 0.15) is 29.8 Å². The summed E-state index contributed by atoms with van der Waals surface area (Å²) in [5.74, 6) is 0.803. The molecule has 2 aromatic carbocycles. The molecule has 0 unspecified atom stereocenters. The van der Waals surface area contributed by atoms with E-state index in [2.05, 4.69) is 29.2 Å². The standard InChI is InChI=1S/C31H39NO7/c1-18(33)38-23-11-8-20-9-12-28(36-3)24(14-20)25-15-21(10-13-29(25)37-4)27-17-30(39-19(2)34)31(35)26-7-5-6-22(16-23)32(26)27/h9-10,12-15,22-23,26-27,30-31,35H,5-8,11,16-17H2,1-4H3/t22-,23+,26-,27-,30-,31-/m1/s1. The fourth-order valence-electron chi connectivity index (χ4n) is 6.93. The van der Waals surface area contributed by atoms with Crippen molar-refractivity contribution in [1.29, 1.82) is 0 Å². The Morgan fingerprint density at radius 3 is 2.26 bits per heavy atom. The Balaban J connectivity index is 1.68. The minimum Gasteiger partial charge on any atom is -0.496 e. The molecule has 0 saturated carbocycles. The van der Waals surface area contributed by atoms with E-state index >= 15 is 0 Å². The van der Waals surface area contributed by atoms with Crippen molar-refractivity contribution in [2.75, 3.05) is 14.2 Å². The van der Waals surface area contributed by atoms with Crippen LogP contribution in [-0.2, 0) is 25.5 Å². The van der Waals surface area contributed by atoms with E-state index in [0.29, 0.717) is 19.3 Å². The SMILES string of the molecule is COc1ccc2cc1-c1cc(ccc1OC)[C@H]1C[C@@H](OC(C)=O)[C@H](O)[C@H]3CCC[C@H](C[C@@H](OC(C)=O)CC2)N13. The molecule has 39 heavy (non-hydrogen) atoms. The summed E-state index contributed by atoms with van der Waals surface area (Å²) < 4.78 is 23.1. The Bertz CT molecular complexity index is 1210. The number of esters is 2. The molecule has 8 heteroatoms. The fraction of sp³-hybridized carbons (Fsp3) is 0.548. The molecule has 0 spiro atoms. The van der Waals surface area contributed by atoms with Gasteiger partial charge in [-0.2, -0.15) is 0 Å². The monoisotopic (exact) mass is 537 g/mol. The zero-order valence-corrected chi connectivity index (χ0v) is 23.2. The smallest absolute Gasteiger partial charge is 0.302 e. The van der Waals surface area contributed by atoms with E-state index in [-0.39, 0.29) is 30.2 Å². The van der Waals surface area contributed by atoms with E-state index in [1.54, 1.807) is 14.2 Å². The third-order valence-corrected chi connectivity index (χ3v) is 8.53. The Kier molecular flexibility index (Phi) is 8.14.